The number of aryl methyl sites for hydroxylation is 1. The SMILES string of the molecule is Cn1cc(C(=O)C(F)F)nn1. The first-order valence-corrected chi connectivity index (χ1v) is 2.80. The number of carbonyl (C=O) groups is 1. The predicted octanol–water partition coefficient (Wildman–Crippen LogP) is 0.263. The number of aromatic nitrogens is 3. The third kappa shape index (κ3) is 1.57. The standard InChI is InChI=1S/C5H5F2N3O/c1-10-2-3(8-9-10)4(11)5(6)7/h2,5H,1H3. The van der Waals surface area contributed by atoms with Gasteiger partial charge in [0.15, 0.2) is 5.69 Å². The van der Waals surface area contributed by atoms with Crippen LogP contribution in [0.4, 0.5) is 8.78 Å². The van der Waals surface area contributed by atoms with Crippen molar-refractivity contribution in [2.75, 3.05) is 0 Å². The highest BCUT2D eigenvalue weighted by Gasteiger charge is 2.20. The Morgan fingerprint density at radius 2 is 2.36 bits per heavy atom. The summed E-state index contributed by atoms with van der Waals surface area (Å²) in [4.78, 5) is 10.5. The second-order valence-electron chi connectivity index (χ2n) is 1.94. The Balaban J connectivity index is 2.85. The predicted molar refractivity (Wildman–Crippen MR) is 31.3 cm³/mol. The highest BCUT2D eigenvalue weighted by atomic mass is 19.3. The summed E-state index contributed by atoms with van der Waals surface area (Å²) in [6.45, 7) is 0. The van der Waals surface area contributed by atoms with Crippen molar-refractivity contribution in [3.05, 3.63) is 11.9 Å². The molecule has 0 radical (unpaired) electrons. The number of rotatable bonds is 2. The van der Waals surface area contributed by atoms with Gasteiger partial charge in [0, 0.05) is 7.05 Å². The van der Waals surface area contributed by atoms with Gasteiger partial charge < -0.3 is 0 Å². The van der Waals surface area contributed by atoms with Crippen LogP contribution in [0.3, 0.4) is 0 Å². The molecule has 60 valence electrons. The van der Waals surface area contributed by atoms with Crippen LogP contribution in [-0.2, 0) is 7.05 Å². The molecule has 0 aliphatic carbocycles. The van der Waals surface area contributed by atoms with E-state index in [1.54, 1.807) is 0 Å². The van der Waals surface area contributed by atoms with E-state index in [2.05, 4.69) is 10.3 Å². The number of ketones is 1. The van der Waals surface area contributed by atoms with Gasteiger partial charge in [-0.3, -0.25) is 9.48 Å². The molecule has 0 unspecified atom stereocenters. The molecule has 0 aromatic carbocycles. The van der Waals surface area contributed by atoms with Crippen LogP contribution in [0.25, 0.3) is 0 Å². The number of halogens is 2. The molecule has 1 heterocycles. The van der Waals surface area contributed by atoms with E-state index in [1.807, 2.05) is 0 Å². The Morgan fingerprint density at radius 1 is 1.73 bits per heavy atom. The Kier molecular flexibility index (Phi) is 1.93. The third-order valence-corrected chi connectivity index (χ3v) is 1.05. The maximum Gasteiger partial charge on any atom is 0.302 e. The molecule has 0 amide bonds. The van der Waals surface area contributed by atoms with E-state index in [0.717, 1.165) is 6.20 Å². The lowest BCUT2D eigenvalue weighted by molar-refractivity contribution is 0.0673. The topological polar surface area (TPSA) is 47.8 Å². The zero-order valence-electron chi connectivity index (χ0n) is 5.66. The molecule has 1 rings (SSSR count). The summed E-state index contributed by atoms with van der Waals surface area (Å²) in [7, 11) is 1.50. The molecule has 0 bridgehead atoms. The molecule has 6 heteroatoms. The van der Waals surface area contributed by atoms with E-state index >= 15 is 0 Å². The fraction of sp³-hybridized carbons (Fsp3) is 0.400. The molecule has 1 aromatic heterocycles. The van der Waals surface area contributed by atoms with Crippen molar-refractivity contribution in [1.82, 2.24) is 15.0 Å². The van der Waals surface area contributed by atoms with E-state index in [-0.39, 0.29) is 5.69 Å². The van der Waals surface area contributed by atoms with Crippen LogP contribution in [0.15, 0.2) is 6.20 Å². The van der Waals surface area contributed by atoms with E-state index in [1.165, 1.54) is 11.7 Å². The lowest BCUT2D eigenvalue weighted by Crippen LogP contribution is -2.10. The van der Waals surface area contributed by atoms with Crippen molar-refractivity contribution in [1.29, 1.82) is 0 Å². The van der Waals surface area contributed by atoms with Gasteiger partial charge in [0.1, 0.15) is 0 Å². The van der Waals surface area contributed by atoms with Crippen LogP contribution in [0.1, 0.15) is 10.5 Å². The fourth-order valence-electron chi connectivity index (χ4n) is 0.572. The molecule has 0 fully saturated rings. The van der Waals surface area contributed by atoms with E-state index < -0.39 is 12.2 Å². The first-order chi connectivity index (χ1) is 5.11. The molecular weight excluding hydrogens is 156 g/mol. The third-order valence-electron chi connectivity index (χ3n) is 1.05. The van der Waals surface area contributed by atoms with Crippen molar-refractivity contribution in [2.24, 2.45) is 7.05 Å². The van der Waals surface area contributed by atoms with Crippen molar-refractivity contribution >= 4 is 5.78 Å². The summed E-state index contributed by atoms with van der Waals surface area (Å²) >= 11 is 0. The Bertz CT molecular complexity index is 270. The number of alkyl halides is 2. The van der Waals surface area contributed by atoms with Gasteiger partial charge in [-0.25, -0.2) is 8.78 Å². The zero-order valence-corrected chi connectivity index (χ0v) is 5.66. The first-order valence-electron chi connectivity index (χ1n) is 2.80. The Labute approximate surface area is 60.8 Å². The Hall–Kier alpha value is -1.33. The average Bonchev–Trinajstić information content (AvgIpc) is 2.34. The normalized spacial score (nSPS) is 10.5. The largest absolute Gasteiger partial charge is 0.302 e. The van der Waals surface area contributed by atoms with Gasteiger partial charge in [0.2, 0.25) is 0 Å². The number of nitrogens with zero attached hydrogens (tertiary/aromatic N) is 3. The summed E-state index contributed by atoms with van der Waals surface area (Å²) in [6, 6.07) is 0. The number of hydrogen-bond acceptors (Lipinski definition) is 3. The van der Waals surface area contributed by atoms with Gasteiger partial charge in [-0.2, -0.15) is 0 Å². The highest BCUT2D eigenvalue weighted by molar-refractivity contribution is 5.96. The maximum absolute atomic E-state index is 11.7. The molecule has 4 nitrogen and oxygen atoms in total. The highest BCUT2D eigenvalue weighted by Crippen LogP contribution is 2.02. The molecule has 1 aromatic rings. The van der Waals surface area contributed by atoms with Crippen molar-refractivity contribution < 1.29 is 13.6 Å². The fourth-order valence-corrected chi connectivity index (χ4v) is 0.572. The second-order valence-corrected chi connectivity index (χ2v) is 1.94. The Morgan fingerprint density at radius 3 is 2.73 bits per heavy atom. The van der Waals surface area contributed by atoms with Crippen molar-refractivity contribution in [3.8, 4) is 0 Å². The average molecular weight is 161 g/mol. The monoisotopic (exact) mass is 161 g/mol. The van der Waals surface area contributed by atoms with Gasteiger partial charge in [0.25, 0.3) is 5.78 Å². The molecule has 11 heavy (non-hydrogen) atoms. The maximum atomic E-state index is 11.7. The summed E-state index contributed by atoms with van der Waals surface area (Å²) < 4.78 is 24.6. The minimum Gasteiger partial charge on any atom is -0.286 e. The van der Waals surface area contributed by atoms with Crippen LogP contribution < -0.4 is 0 Å². The molecule has 0 aliphatic heterocycles. The molecular formula is C5H5F2N3O. The lowest BCUT2D eigenvalue weighted by atomic mass is 10.3. The van der Waals surface area contributed by atoms with Crippen LogP contribution in [0.5, 0.6) is 0 Å². The van der Waals surface area contributed by atoms with Crippen molar-refractivity contribution in [2.45, 2.75) is 6.43 Å². The number of Topliss-reactive ketones (excluding diaryl/α,β-unsaturated/α-hetero) is 1. The second kappa shape index (κ2) is 2.73. The summed E-state index contributed by atoms with van der Waals surface area (Å²) in [5, 5.41) is 6.55. The molecule has 0 N–H and O–H groups in total. The van der Waals surface area contributed by atoms with Gasteiger partial charge in [-0.05, 0) is 0 Å². The molecule has 0 aliphatic rings. The van der Waals surface area contributed by atoms with Crippen molar-refractivity contribution in [3.63, 3.8) is 0 Å². The molecule has 0 saturated carbocycles. The quantitative estimate of drug-likeness (QED) is 0.584. The van der Waals surface area contributed by atoms with Crippen LogP contribution >= 0.6 is 0 Å². The van der Waals surface area contributed by atoms with Crippen LogP contribution in [0, 0.1) is 0 Å². The molecule has 0 saturated heterocycles. The van der Waals surface area contributed by atoms with Gasteiger partial charge >= 0.3 is 6.43 Å². The zero-order chi connectivity index (χ0) is 8.43. The molecule has 0 atom stereocenters. The minimum atomic E-state index is -3.01. The summed E-state index contributed by atoms with van der Waals surface area (Å²) in [5.41, 5.74) is -0.303. The smallest absolute Gasteiger partial charge is 0.286 e. The van der Waals surface area contributed by atoms with E-state index in [9.17, 15) is 13.6 Å². The minimum absolute atomic E-state index is 0.303. The molecule has 0 spiro atoms. The van der Waals surface area contributed by atoms with Gasteiger partial charge in [0.05, 0.1) is 6.20 Å². The summed E-state index contributed by atoms with van der Waals surface area (Å²) in [5.74, 6) is -1.29. The van der Waals surface area contributed by atoms with Crippen LogP contribution in [0.2, 0.25) is 0 Å². The van der Waals surface area contributed by atoms with Crippen LogP contribution in [-0.4, -0.2) is 27.2 Å². The van der Waals surface area contributed by atoms with Gasteiger partial charge in [-0.1, -0.05) is 5.21 Å². The number of carbonyl (C=O) groups excluding carboxylic acids is 1. The van der Waals surface area contributed by atoms with Gasteiger partial charge in [-0.15, -0.1) is 5.10 Å². The van der Waals surface area contributed by atoms with E-state index in [4.69, 9.17) is 0 Å². The first kappa shape index (κ1) is 7.77. The summed E-state index contributed by atoms with van der Waals surface area (Å²) in [6.07, 6.45) is -1.86. The number of hydrogen-bond donors (Lipinski definition) is 0. The lowest BCUT2D eigenvalue weighted by Gasteiger charge is -1.89. The van der Waals surface area contributed by atoms with E-state index in [0.29, 0.717) is 0 Å².